The van der Waals surface area contributed by atoms with E-state index in [0.717, 1.165) is 18.3 Å². The van der Waals surface area contributed by atoms with Crippen LogP contribution < -0.4 is 5.32 Å². The van der Waals surface area contributed by atoms with Gasteiger partial charge in [0, 0.05) is 11.9 Å². The molecule has 0 spiro atoms. The fourth-order valence-corrected chi connectivity index (χ4v) is 3.17. The summed E-state index contributed by atoms with van der Waals surface area (Å²) in [6, 6.07) is 6.73. The molecule has 148 valence electrons. The normalized spacial score (nSPS) is 11.8. The van der Waals surface area contributed by atoms with Gasteiger partial charge in [-0.1, -0.05) is 0 Å². The van der Waals surface area contributed by atoms with Gasteiger partial charge in [-0.25, -0.2) is 19.3 Å². The molecule has 3 heterocycles. The Balaban J connectivity index is 1.76. The molecule has 3 aromatic heterocycles. The number of aryl methyl sites for hydroxylation is 2. The summed E-state index contributed by atoms with van der Waals surface area (Å²) in [5, 5.41) is 3.10. The van der Waals surface area contributed by atoms with Gasteiger partial charge in [0.2, 0.25) is 0 Å². The monoisotopic (exact) mass is 401 g/mol. The second-order valence-corrected chi connectivity index (χ2v) is 6.58. The number of aromatic nitrogens is 4. The van der Waals surface area contributed by atoms with Crippen LogP contribution in [0.5, 0.6) is 0 Å². The molecule has 1 N–H and O–H groups in total. The Kier molecular flexibility index (Phi) is 4.45. The van der Waals surface area contributed by atoms with Gasteiger partial charge in [-0.15, -0.1) is 0 Å². The van der Waals surface area contributed by atoms with Crippen LogP contribution in [0, 0.1) is 19.7 Å². The summed E-state index contributed by atoms with van der Waals surface area (Å²) in [7, 11) is 0. The lowest BCUT2D eigenvalue weighted by Crippen LogP contribution is -2.08. The van der Waals surface area contributed by atoms with E-state index >= 15 is 0 Å². The van der Waals surface area contributed by atoms with Gasteiger partial charge in [0.15, 0.2) is 5.82 Å². The number of anilines is 2. The molecule has 0 fully saturated rings. The first-order chi connectivity index (χ1) is 13.7. The maximum atomic E-state index is 13.1. The maximum absolute atomic E-state index is 13.1. The van der Waals surface area contributed by atoms with Crippen molar-refractivity contribution in [3.63, 3.8) is 0 Å². The molecule has 4 rings (SSSR count). The lowest BCUT2D eigenvalue weighted by Gasteiger charge is -2.16. The molecule has 0 amide bonds. The highest BCUT2D eigenvalue weighted by atomic mass is 19.4. The SMILES string of the molecule is Cc1cc(C(F)(F)F)cc(C)c1Nc1nccc2c1ncn2-c1ccc(F)cn1. The molecule has 5 nitrogen and oxygen atoms in total. The number of benzene rings is 1. The second kappa shape index (κ2) is 6.84. The number of hydrogen-bond acceptors (Lipinski definition) is 4. The maximum Gasteiger partial charge on any atom is 0.416 e. The van der Waals surface area contributed by atoms with Crippen LogP contribution in [0.2, 0.25) is 0 Å². The van der Waals surface area contributed by atoms with Crippen molar-refractivity contribution >= 4 is 22.5 Å². The average Bonchev–Trinajstić information content (AvgIpc) is 3.09. The van der Waals surface area contributed by atoms with E-state index in [2.05, 4.69) is 20.3 Å². The van der Waals surface area contributed by atoms with Crippen LogP contribution in [0.4, 0.5) is 29.1 Å². The first kappa shape index (κ1) is 18.9. The Morgan fingerprint density at radius 3 is 2.31 bits per heavy atom. The van der Waals surface area contributed by atoms with E-state index in [1.807, 2.05) is 0 Å². The largest absolute Gasteiger partial charge is 0.416 e. The van der Waals surface area contributed by atoms with E-state index in [9.17, 15) is 17.6 Å². The van der Waals surface area contributed by atoms with Crippen molar-refractivity contribution in [3.05, 3.63) is 71.6 Å². The van der Waals surface area contributed by atoms with Crippen LogP contribution in [-0.2, 0) is 6.18 Å². The molecule has 9 heteroatoms. The highest BCUT2D eigenvalue weighted by molar-refractivity contribution is 5.89. The molecule has 0 radical (unpaired) electrons. The van der Waals surface area contributed by atoms with Gasteiger partial charge in [-0.3, -0.25) is 4.57 Å². The quantitative estimate of drug-likeness (QED) is 0.471. The van der Waals surface area contributed by atoms with Crippen molar-refractivity contribution in [2.75, 3.05) is 5.32 Å². The predicted octanol–water partition coefficient (Wildman–Crippen LogP) is 5.33. The van der Waals surface area contributed by atoms with Crippen LogP contribution in [0.25, 0.3) is 16.9 Å². The first-order valence-corrected chi connectivity index (χ1v) is 8.63. The molecule has 0 bridgehead atoms. The molecule has 0 atom stereocenters. The summed E-state index contributed by atoms with van der Waals surface area (Å²) in [4.78, 5) is 12.7. The molecular formula is C20H15F4N5. The van der Waals surface area contributed by atoms with E-state index in [-0.39, 0.29) is 0 Å². The minimum Gasteiger partial charge on any atom is -0.338 e. The highest BCUT2D eigenvalue weighted by Crippen LogP contribution is 2.35. The van der Waals surface area contributed by atoms with Gasteiger partial charge >= 0.3 is 6.18 Å². The predicted molar refractivity (Wildman–Crippen MR) is 101 cm³/mol. The Bertz CT molecular complexity index is 1170. The Morgan fingerprint density at radius 2 is 1.69 bits per heavy atom. The number of halogens is 4. The van der Waals surface area contributed by atoms with Crippen LogP contribution in [0.15, 0.2) is 49.1 Å². The first-order valence-electron chi connectivity index (χ1n) is 8.63. The van der Waals surface area contributed by atoms with Crippen molar-refractivity contribution in [1.82, 2.24) is 19.5 Å². The van der Waals surface area contributed by atoms with Gasteiger partial charge in [0.05, 0.1) is 17.3 Å². The number of fused-ring (bicyclic) bond motifs is 1. The van der Waals surface area contributed by atoms with Crippen molar-refractivity contribution < 1.29 is 17.6 Å². The molecule has 4 aromatic rings. The molecule has 1 aromatic carbocycles. The van der Waals surface area contributed by atoms with Crippen LogP contribution in [-0.4, -0.2) is 19.5 Å². The van der Waals surface area contributed by atoms with Gasteiger partial charge in [0.25, 0.3) is 0 Å². The van der Waals surface area contributed by atoms with Crippen molar-refractivity contribution in [2.45, 2.75) is 20.0 Å². The summed E-state index contributed by atoms with van der Waals surface area (Å²) >= 11 is 0. The number of nitrogens with zero attached hydrogens (tertiary/aromatic N) is 4. The lowest BCUT2D eigenvalue weighted by molar-refractivity contribution is -0.137. The zero-order valence-electron chi connectivity index (χ0n) is 15.4. The molecule has 0 aliphatic heterocycles. The molecule has 0 saturated heterocycles. The van der Waals surface area contributed by atoms with Crippen molar-refractivity contribution in [2.24, 2.45) is 0 Å². The summed E-state index contributed by atoms with van der Waals surface area (Å²) in [5.41, 5.74) is 1.90. The van der Waals surface area contributed by atoms with Crippen molar-refractivity contribution in [1.29, 1.82) is 0 Å². The van der Waals surface area contributed by atoms with Crippen LogP contribution in [0.3, 0.4) is 0 Å². The minimum atomic E-state index is -4.41. The van der Waals surface area contributed by atoms with Crippen LogP contribution in [0.1, 0.15) is 16.7 Å². The van der Waals surface area contributed by atoms with Gasteiger partial charge in [0.1, 0.15) is 23.5 Å². The Morgan fingerprint density at radius 1 is 0.966 bits per heavy atom. The van der Waals surface area contributed by atoms with E-state index in [0.29, 0.717) is 39.5 Å². The second-order valence-electron chi connectivity index (χ2n) is 6.58. The fourth-order valence-electron chi connectivity index (χ4n) is 3.17. The van der Waals surface area contributed by atoms with Gasteiger partial charge in [-0.05, 0) is 55.3 Å². The van der Waals surface area contributed by atoms with E-state index in [1.165, 1.54) is 18.5 Å². The molecular weight excluding hydrogens is 386 g/mol. The third-order valence-electron chi connectivity index (χ3n) is 4.53. The lowest BCUT2D eigenvalue weighted by atomic mass is 10.0. The van der Waals surface area contributed by atoms with Gasteiger partial charge < -0.3 is 5.32 Å². The third-order valence-corrected chi connectivity index (χ3v) is 4.53. The van der Waals surface area contributed by atoms with Crippen molar-refractivity contribution in [3.8, 4) is 5.82 Å². The minimum absolute atomic E-state index is 0.398. The molecule has 0 aliphatic carbocycles. The molecule has 0 saturated carbocycles. The molecule has 0 aliphatic rings. The number of hydrogen-bond donors (Lipinski definition) is 1. The fraction of sp³-hybridized carbons (Fsp3) is 0.150. The average molecular weight is 401 g/mol. The summed E-state index contributed by atoms with van der Waals surface area (Å²) < 4.78 is 53.9. The Labute approximate surface area is 163 Å². The summed E-state index contributed by atoms with van der Waals surface area (Å²) in [5.74, 6) is 0.428. The van der Waals surface area contributed by atoms with E-state index in [4.69, 9.17) is 0 Å². The topological polar surface area (TPSA) is 55.6 Å². The number of imidazole rings is 1. The van der Waals surface area contributed by atoms with Crippen LogP contribution >= 0.6 is 0 Å². The summed E-state index contributed by atoms with van der Waals surface area (Å²) in [6.45, 7) is 3.21. The smallest absolute Gasteiger partial charge is 0.338 e. The Hall–Kier alpha value is -3.49. The molecule has 0 unspecified atom stereocenters. The van der Waals surface area contributed by atoms with Gasteiger partial charge in [-0.2, -0.15) is 13.2 Å². The number of alkyl halides is 3. The number of nitrogens with one attached hydrogen (secondary N) is 1. The summed E-state index contributed by atoms with van der Waals surface area (Å²) in [6.07, 6.45) is -0.213. The number of pyridine rings is 2. The zero-order chi connectivity index (χ0) is 20.8. The van der Waals surface area contributed by atoms with E-state index < -0.39 is 17.6 Å². The highest BCUT2D eigenvalue weighted by Gasteiger charge is 2.31. The zero-order valence-corrected chi connectivity index (χ0v) is 15.4. The number of rotatable bonds is 3. The van der Waals surface area contributed by atoms with E-state index in [1.54, 1.807) is 30.7 Å². The third kappa shape index (κ3) is 3.51. The molecule has 29 heavy (non-hydrogen) atoms. The standard InChI is InChI=1S/C20H15F4N5/c1-11-7-13(20(22,23)24)8-12(2)17(11)28-19-18-15(5-6-25-19)29(10-27-18)16-4-3-14(21)9-26-16/h3-10H,1-2H3,(H,25,28).